The topological polar surface area (TPSA) is 247 Å². The van der Waals surface area contributed by atoms with Crippen molar-refractivity contribution >= 4 is 46.5 Å². The number of rotatable bonds is 17. The Hall–Kier alpha value is -4.46. The Morgan fingerprint density at radius 3 is 1.98 bits per heavy atom. The second kappa shape index (κ2) is 15.4. The van der Waals surface area contributed by atoms with Crippen LogP contribution in [0, 0.1) is 5.92 Å². The smallest absolute Gasteiger partial charge is 0.326 e. The third-order valence-electron chi connectivity index (χ3n) is 6.37. The largest absolute Gasteiger partial charge is 0.481 e. The van der Waals surface area contributed by atoms with E-state index in [9.17, 15) is 33.9 Å². The summed E-state index contributed by atoms with van der Waals surface area (Å²) in [5.41, 5.74) is 12.5. The first-order valence-corrected chi connectivity index (χ1v) is 13.2. The van der Waals surface area contributed by atoms with Gasteiger partial charge in [-0.05, 0) is 36.8 Å². The number of carbonyl (C=O) groups is 6. The SMILES string of the molecule is CC(C)CC(N)C(=O)NC(CCC(N)=O)C(=O)NC(CCC(=O)O)C(=O)NC(Cc1c[nH]c2ccccc12)C(=O)O. The number of fused-ring (bicyclic) bond motifs is 1. The normalized spacial score (nSPS) is 14.0. The summed E-state index contributed by atoms with van der Waals surface area (Å²) in [6, 6.07) is 2.10. The molecule has 2 rings (SSSR count). The predicted octanol–water partition coefficient (Wildman–Crippen LogP) is -0.247. The molecule has 0 spiro atoms. The van der Waals surface area contributed by atoms with E-state index in [1.807, 2.05) is 26.0 Å². The Balaban J connectivity index is 2.21. The lowest BCUT2D eigenvalue weighted by Gasteiger charge is -2.25. The number of aromatic nitrogens is 1. The van der Waals surface area contributed by atoms with Gasteiger partial charge in [0.05, 0.1) is 6.04 Å². The van der Waals surface area contributed by atoms with Gasteiger partial charge in [-0.1, -0.05) is 32.0 Å². The molecule has 0 bridgehead atoms. The van der Waals surface area contributed by atoms with Crippen molar-refractivity contribution in [3.05, 3.63) is 36.0 Å². The highest BCUT2D eigenvalue weighted by Gasteiger charge is 2.31. The average molecular weight is 575 g/mol. The number of para-hydroxylation sites is 1. The van der Waals surface area contributed by atoms with Crippen LogP contribution in [0.5, 0.6) is 0 Å². The number of carboxylic acids is 2. The van der Waals surface area contributed by atoms with E-state index in [0.717, 1.165) is 10.9 Å². The molecule has 10 N–H and O–H groups in total. The number of H-pyrrole nitrogens is 1. The molecule has 14 heteroatoms. The molecule has 1 aromatic carbocycles. The molecule has 1 heterocycles. The molecule has 2 aromatic rings. The molecule has 224 valence electrons. The Labute approximate surface area is 236 Å². The summed E-state index contributed by atoms with van der Waals surface area (Å²) >= 11 is 0. The van der Waals surface area contributed by atoms with Gasteiger partial charge in [-0.25, -0.2) is 4.79 Å². The second-order valence-corrected chi connectivity index (χ2v) is 10.3. The maximum Gasteiger partial charge on any atom is 0.326 e. The number of carbonyl (C=O) groups excluding carboxylic acids is 4. The molecule has 0 aliphatic rings. The second-order valence-electron chi connectivity index (χ2n) is 10.3. The van der Waals surface area contributed by atoms with Crippen LogP contribution in [0.4, 0.5) is 0 Å². The van der Waals surface area contributed by atoms with Crippen molar-refractivity contribution in [3.63, 3.8) is 0 Å². The molecular formula is C27H38N6O8. The number of benzene rings is 1. The number of hydrogen-bond acceptors (Lipinski definition) is 7. The van der Waals surface area contributed by atoms with Gasteiger partial charge >= 0.3 is 11.9 Å². The van der Waals surface area contributed by atoms with Crippen LogP contribution in [-0.2, 0) is 35.2 Å². The van der Waals surface area contributed by atoms with Gasteiger partial charge in [0.15, 0.2) is 0 Å². The van der Waals surface area contributed by atoms with E-state index in [1.54, 1.807) is 18.3 Å². The van der Waals surface area contributed by atoms with Crippen molar-refractivity contribution in [3.8, 4) is 0 Å². The van der Waals surface area contributed by atoms with Crippen molar-refractivity contribution in [2.75, 3.05) is 0 Å². The predicted molar refractivity (Wildman–Crippen MR) is 148 cm³/mol. The average Bonchev–Trinajstić information content (AvgIpc) is 3.30. The fourth-order valence-corrected chi connectivity index (χ4v) is 4.25. The molecule has 4 amide bonds. The van der Waals surface area contributed by atoms with E-state index < -0.39 is 66.2 Å². The van der Waals surface area contributed by atoms with E-state index in [0.29, 0.717) is 12.0 Å². The molecule has 0 fully saturated rings. The fraction of sp³-hybridized carbons (Fsp3) is 0.481. The van der Waals surface area contributed by atoms with E-state index in [4.69, 9.17) is 16.6 Å². The van der Waals surface area contributed by atoms with Gasteiger partial charge in [0.25, 0.3) is 0 Å². The molecule has 0 radical (unpaired) electrons. The Kier molecular flexibility index (Phi) is 12.3. The standard InChI is InChI=1S/C27H38N6O8/c1-14(2)11-17(28)24(37)31-19(7-9-22(29)34)25(38)32-20(8-10-23(35)36)26(39)33-21(27(40)41)12-15-13-30-18-6-4-3-5-16(15)18/h3-6,13-14,17,19-21,30H,7-12,28H2,1-2H3,(H2,29,34)(H,31,37)(H,32,38)(H,33,39)(H,35,36)(H,40,41). The zero-order chi connectivity index (χ0) is 30.7. The number of nitrogens with two attached hydrogens (primary N) is 2. The van der Waals surface area contributed by atoms with Crippen LogP contribution >= 0.6 is 0 Å². The molecule has 41 heavy (non-hydrogen) atoms. The summed E-state index contributed by atoms with van der Waals surface area (Å²) in [7, 11) is 0. The van der Waals surface area contributed by atoms with Crippen LogP contribution in [0.1, 0.15) is 51.5 Å². The number of hydrogen-bond donors (Lipinski definition) is 8. The van der Waals surface area contributed by atoms with Crippen molar-refractivity contribution in [1.29, 1.82) is 0 Å². The van der Waals surface area contributed by atoms with Gasteiger partial charge in [-0.15, -0.1) is 0 Å². The number of aromatic amines is 1. The number of carboxylic acid groups (broad SMARTS) is 2. The molecule has 0 aliphatic carbocycles. The molecule has 0 saturated carbocycles. The van der Waals surface area contributed by atoms with Gasteiger partial charge in [-0.3, -0.25) is 24.0 Å². The van der Waals surface area contributed by atoms with Crippen LogP contribution in [0.15, 0.2) is 30.5 Å². The number of nitrogens with one attached hydrogen (secondary N) is 4. The molecule has 14 nitrogen and oxygen atoms in total. The van der Waals surface area contributed by atoms with Crippen molar-refractivity contribution < 1.29 is 39.0 Å². The molecule has 1 aromatic heterocycles. The van der Waals surface area contributed by atoms with E-state index >= 15 is 0 Å². The van der Waals surface area contributed by atoms with Gasteiger partial charge in [0.1, 0.15) is 18.1 Å². The highest BCUT2D eigenvalue weighted by atomic mass is 16.4. The fourth-order valence-electron chi connectivity index (χ4n) is 4.25. The first-order chi connectivity index (χ1) is 19.3. The number of amides is 4. The van der Waals surface area contributed by atoms with Crippen LogP contribution in [-0.4, -0.2) is 74.9 Å². The summed E-state index contributed by atoms with van der Waals surface area (Å²) in [4.78, 5) is 76.5. The zero-order valence-electron chi connectivity index (χ0n) is 23.0. The Morgan fingerprint density at radius 2 is 1.41 bits per heavy atom. The van der Waals surface area contributed by atoms with Crippen LogP contribution in [0.25, 0.3) is 10.9 Å². The highest BCUT2D eigenvalue weighted by Crippen LogP contribution is 2.19. The summed E-state index contributed by atoms with van der Waals surface area (Å²) < 4.78 is 0. The van der Waals surface area contributed by atoms with Crippen LogP contribution in [0.3, 0.4) is 0 Å². The number of aliphatic carboxylic acids is 2. The molecule has 0 saturated heterocycles. The van der Waals surface area contributed by atoms with E-state index in [1.165, 1.54) is 0 Å². The third kappa shape index (κ3) is 10.6. The minimum atomic E-state index is -1.46. The maximum absolute atomic E-state index is 13.2. The Bertz CT molecular complexity index is 1260. The summed E-state index contributed by atoms with van der Waals surface area (Å²) in [6.45, 7) is 3.72. The van der Waals surface area contributed by atoms with Gasteiger partial charge in [0, 0.05) is 36.4 Å². The molecular weight excluding hydrogens is 536 g/mol. The van der Waals surface area contributed by atoms with Crippen LogP contribution in [0.2, 0.25) is 0 Å². The first-order valence-electron chi connectivity index (χ1n) is 13.2. The summed E-state index contributed by atoms with van der Waals surface area (Å²) in [5, 5.41) is 27.0. The van der Waals surface area contributed by atoms with Gasteiger partial charge < -0.3 is 42.6 Å². The molecule has 4 atom stereocenters. The summed E-state index contributed by atoms with van der Waals surface area (Å²) in [6.07, 6.45) is 0.517. The van der Waals surface area contributed by atoms with E-state index in [2.05, 4.69) is 20.9 Å². The maximum atomic E-state index is 13.2. The first kappa shape index (κ1) is 32.8. The highest BCUT2D eigenvalue weighted by molar-refractivity contribution is 5.95. The zero-order valence-corrected chi connectivity index (χ0v) is 23.0. The van der Waals surface area contributed by atoms with Crippen molar-refractivity contribution in [2.24, 2.45) is 17.4 Å². The third-order valence-corrected chi connectivity index (χ3v) is 6.37. The lowest BCUT2D eigenvalue weighted by Crippen LogP contribution is -2.57. The summed E-state index contributed by atoms with van der Waals surface area (Å²) in [5.74, 6) is -5.69. The minimum absolute atomic E-state index is 0.0872. The molecule has 0 aliphatic heterocycles. The number of primary amides is 1. The van der Waals surface area contributed by atoms with Gasteiger partial charge in [0.2, 0.25) is 23.6 Å². The quantitative estimate of drug-likeness (QED) is 0.124. The van der Waals surface area contributed by atoms with Crippen molar-refractivity contribution in [1.82, 2.24) is 20.9 Å². The van der Waals surface area contributed by atoms with Gasteiger partial charge in [-0.2, -0.15) is 0 Å². The van der Waals surface area contributed by atoms with Crippen molar-refractivity contribution in [2.45, 2.75) is 76.5 Å². The van der Waals surface area contributed by atoms with E-state index in [-0.39, 0.29) is 31.6 Å². The minimum Gasteiger partial charge on any atom is -0.481 e. The molecule has 4 unspecified atom stereocenters. The monoisotopic (exact) mass is 574 g/mol. The van der Waals surface area contributed by atoms with Crippen LogP contribution < -0.4 is 27.4 Å². The Morgan fingerprint density at radius 1 is 0.854 bits per heavy atom. The lowest BCUT2D eigenvalue weighted by atomic mass is 10.0. The lowest BCUT2D eigenvalue weighted by molar-refractivity contribution is -0.143.